The maximum atomic E-state index is 13.0. The van der Waals surface area contributed by atoms with Crippen molar-refractivity contribution < 1.29 is 9.53 Å². The molecule has 0 spiro atoms. The van der Waals surface area contributed by atoms with E-state index in [1.165, 1.54) is 11.1 Å². The van der Waals surface area contributed by atoms with Gasteiger partial charge in [-0.05, 0) is 60.0 Å². The summed E-state index contributed by atoms with van der Waals surface area (Å²) in [5.74, 6) is 1.43. The van der Waals surface area contributed by atoms with E-state index < -0.39 is 0 Å². The zero-order chi connectivity index (χ0) is 21.8. The highest BCUT2D eigenvalue weighted by Crippen LogP contribution is 2.27. The lowest BCUT2D eigenvalue weighted by Crippen LogP contribution is -2.34. The van der Waals surface area contributed by atoms with E-state index in [2.05, 4.69) is 46.0 Å². The Kier molecular flexibility index (Phi) is 6.09. The van der Waals surface area contributed by atoms with Crippen LogP contribution in [0, 0.1) is 0 Å². The minimum Gasteiger partial charge on any atom is -0.461 e. The van der Waals surface area contributed by atoms with Gasteiger partial charge in [-0.25, -0.2) is 0 Å². The third-order valence-electron chi connectivity index (χ3n) is 5.57. The second-order valence-corrected chi connectivity index (χ2v) is 7.72. The molecule has 1 amide bonds. The minimum atomic E-state index is -0.106. The summed E-state index contributed by atoms with van der Waals surface area (Å²) in [5.41, 5.74) is 6.32. The van der Waals surface area contributed by atoms with Crippen LogP contribution in [0.3, 0.4) is 0 Å². The molecule has 160 valence electrons. The smallest absolute Gasteiger partial charge is 0.256 e. The number of carbonyl (C=O) groups is 1. The van der Waals surface area contributed by atoms with Gasteiger partial charge in [0.15, 0.2) is 0 Å². The molecule has 0 saturated heterocycles. The van der Waals surface area contributed by atoms with Crippen molar-refractivity contribution in [1.29, 1.82) is 0 Å². The lowest BCUT2D eigenvalue weighted by atomic mass is 9.99. The second kappa shape index (κ2) is 9.10. The Bertz CT molecular complexity index is 1080. The molecule has 0 aromatic heterocycles. The number of amides is 1. The highest BCUT2D eigenvalue weighted by molar-refractivity contribution is 5.96. The first-order chi connectivity index (χ1) is 15.1. The van der Waals surface area contributed by atoms with Crippen molar-refractivity contribution in [2.45, 2.75) is 26.4 Å². The van der Waals surface area contributed by atoms with Crippen molar-refractivity contribution in [3.05, 3.63) is 94.3 Å². The number of carbonyl (C=O) groups excluding carboxylic acids is 1. The van der Waals surface area contributed by atoms with Gasteiger partial charge in [-0.15, -0.1) is 0 Å². The fourth-order valence-electron chi connectivity index (χ4n) is 3.87. The van der Waals surface area contributed by atoms with Gasteiger partial charge < -0.3 is 25.6 Å². The maximum absolute atomic E-state index is 13.0. The van der Waals surface area contributed by atoms with E-state index in [0.29, 0.717) is 5.56 Å². The zero-order valence-corrected chi connectivity index (χ0v) is 18.2. The zero-order valence-electron chi connectivity index (χ0n) is 18.2. The van der Waals surface area contributed by atoms with Gasteiger partial charge in [-0.3, -0.25) is 4.79 Å². The van der Waals surface area contributed by atoms with Crippen LogP contribution in [0.5, 0.6) is 0 Å². The largest absolute Gasteiger partial charge is 0.461 e. The van der Waals surface area contributed by atoms with E-state index in [0.717, 1.165) is 47.8 Å². The van der Waals surface area contributed by atoms with E-state index in [1.807, 2.05) is 44.6 Å². The molecular weight excluding hydrogens is 388 g/mol. The predicted molar refractivity (Wildman–Crippen MR) is 123 cm³/mol. The monoisotopic (exact) mass is 416 g/mol. The van der Waals surface area contributed by atoms with Crippen LogP contribution in [0.25, 0.3) is 11.8 Å². The van der Waals surface area contributed by atoms with Crippen LogP contribution in [-0.4, -0.2) is 24.9 Å². The van der Waals surface area contributed by atoms with E-state index in [-0.39, 0.29) is 5.91 Å². The summed E-state index contributed by atoms with van der Waals surface area (Å²) in [7, 11) is 3.90. The normalized spacial score (nSPS) is 14.7. The van der Waals surface area contributed by atoms with E-state index in [4.69, 9.17) is 4.74 Å². The number of hydrogen-bond donors (Lipinski definition) is 3. The Morgan fingerprint density at radius 3 is 2.81 bits per heavy atom. The molecule has 0 bridgehead atoms. The SMILES string of the molecule is CCc1ccc(C(=O)NC2=Cc3cc(C4=CNC=CO4)ccc3CN2C)cc1CNC. The lowest BCUT2D eigenvalue weighted by molar-refractivity contribution is 0.0953. The van der Waals surface area contributed by atoms with Crippen molar-refractivity contribution in [3.8, 4) is 0 Å². The molecular formula is C25H28N4O2. The van der Waals surface area contributed by atoms with Crippen LogP contribution in [0.2, 0.25) is 0 Å². The maximum Gasteiger partial charge on any atom is 0.256 e. The first-order valence-electron chi connectivity index (χ1n) is 10.5. The van der Waals surface area contributed by atoms with Gasteiger partial charge >= 0.3 is 0 Å². The minimum absolute atomic E-state index is 0.106. The molecule has 6 heteroatoms. The highest BCUT2D eigenvalue weighted by Gasteiger charge is 2.19. The molecule has 0 unspecified atom stereocenters. The summed E-state index contributed by atoms with van der Waals surface area (Å²) in [6, 6.07) is 12.2. The molecule has 3 N–H and O–H groups in total. The van der Waals surface area contributed by atoms with Crippen LogP contribution < -0.4 is 16.0 Å². The third kappa shape index (κ3) is 4.49. The standard InChI is InChI=1S/C25H28N4O2/c1-4-17-5-7-19(12-22(17)14-26-2)25(30)28-24-13-21-11-18(23-15-27-9-10-31-23)6-8-20(21)16-29(24)3/h5-13,15,26-27H,4,14,16H2,1-3H3,(H,28,30). The van der Waals surface area contributed by atoms with Gasteiger partial charge in [0.1, 0.15) is 17.8 Å². The summed E-state index contributed by atoms with van der Waals surface area (Å²) in [6.07, 6.45) is 8.14. The average molecular weight is 417 g/mol. The van der Waals surface area contributed by atoms with Crippen molar-refractivity contribution >= 4 is 17.7 Å². The number of benzene rings is 2. The van der Waals surface area contributed by atoms with Gasteiger partial charge in [0.25, 0.3) is 5.91 Å². The molecule has 0 radical (unpaired) electrons. The summed E-state index contributed by atoms with van der Waals surface area (Å²) >= 11 is 0. The van der Waals surface area contributed by atoms with Crippen molar-refractivity contribution in [2.75, 3.05) is 14.1 Å². The Morgan fingerprint density at radius 2 is 2.06 bits per heavy atom. The molecule has 2 aliphatic heterocycles. The first-order valence-corrected chi connectivity index (χ1v) is 10.5. The fourth-order valence-corrected chi connectivity index (χ4v) is 3.87. The van der Waals surface area contributed by atoms with Crippen molar-refractivity contribution in [1.82, 2.24) is 20.9 Å². The molecule has 0 aliphatic carbocycles. The topological polar surface area (TPSA) is 65.6 Å². The first kappa shape index (κ1) is 20.8. The van der Waals surface area contributed by atoms with E-state index in [1.54, 1.807) is 12.5 Å². The molecule has 0 atom stereocenters. The molecule has 2 aromatic carbocycles. The Hall–Kier alpha value is -3.51. The molecule has 0 saturated carbocycles. The highest BCUT2D eigenvalue weighted by atomic mass is 16.5. The molecule has 6 nitrogen and oxygen atoms in total. The summed E-state index contributed by atoms with van der Waals surface area (Å²) < 4.78 is 5.59. The summed E-state index contributed by atoms with van der Waals surface area (Å²) in [5, 5.41) is 9.31. The van der Waals surface area contributed by atoms with Crippen LogP contribution in [0.15, 0.2) is 60.9 Å². The van der Waals surface area contributed by atoms with Gasteiger partial charge in [0.05, 0.1) is 0 Å². The van der Waals surface area contributed by atoms with Crippen molar-refractivity contribution in [2.24, 2.45) is 0 Å². The molecule has 4 rings (SSSR count). The van der Waals surface area contributed by atoms with Crippen LogP contribution >= 0.6 is 0 Å². The number of hydrogen-bond acceptors (Lipinski definition) is 5. The quantitative estimate of drug-likeness (QED) is 0.672. The van der Waals surface area contributed by atoms with E-state index in [9.17, 15) is 4.79 Å². The van der Waals surface area contributed by atoms with Gasteiger partial charge in [0.2, 0.25) is 0 Å². The lowest BCUT2D eigenvalue weighted by Gasteiger charge is -2.29. The molecule has 2 aromatic rings. The molecule has 31 heavy (non-hydrogen) atoms. The number of fused-ring (bicyclic) bond motifs is 1. The Morgan fingerprint density at radius 1 is 1.19 bits per heavy atom. The summed E-state index contributed by atoms with van der Waals surface area (Å²) in [4.78, 5) is 15.0. The number of rotatable bonds is 6. The fraction of sp³-hybridized carbons (Fsp3) is 0.240. The number of aryl methyl sites for hydroxylation is 1. The Balaban J connectivity index is 1.57. The second-order valence-electron chi connectivity index (χ2n) is 7.72. The Labute approximate surface area is 183 Å². The van der Waals surface area contributed by atoms with E-state index >= 15 is 0 Å². The van der Waals surface area contributed by atoms with Crippen molar-refractivity contribution in [3.63, 3.8) is 0 Å². The number of ether oxygens (including phenoxy) is 1. The number of nitrogens with one attached hydrogen (secondary N) is 3. The summed E-state index contributed by atoms with van der Waals surface area (Å²) in [6.45, 7) is 3.59. The van der Waals surface area contributed by atoms with Gasteiger partial charge in [-0.1, -0.05) is 25.1 Å². The third-order valence-corrected chi connectivity index (χ3v) is 5.57. The molecule has 2 heterocycles. The molecule has 0 fully saturated rings. The average Bonchev–Trinajstić information content (AvgIpc) is 2.80. The van der Waals surface area contributed by atoms with Crippen LogP contribution in [-0.2, 0) is 24.2 Å². The van der Waals surface area contributed by atoms with Crippen LogP contribution in [0.4, 0.5) is 0 Å². The van der Waals surface area contributed by atoms with Crippen LogP contribution in [0.1, 0.15) is 45.1 Å². The van der Waals surface area contributed by atoms with Gasteiger partial charge in [0, 0.05) is 43.7 Å². The van der Waals surface area contributed by atoms with Gasteiger partial charge in [-0.2, -0.15) is 0 Å². The predicted octanol–water partition coefficient (Wildman–Crippen LogP) is 3.53. The molecule has 2 aliphatic rings. The number of nitrogens with zero attached hydrogens (tertiary/aromatic N) is 1.